The third-order valence-electron chi connectivity index (χ3n) is 2.63. The average Bonchev–Trinajstić information content (AvgIpc) is 2.28. The number of hydrogen-bond acceptors (Lipinski definition) is 4. The number of aliphatic hydroxyl groups excluding tert-OH is 1. The maximum Gasteiger partial charge on any atom is 0.129 e. The van der Waals surface area contributed by atoms with Crippen molar-refractivity contribution in [1.82, 2.24) is 4.98 Å². The van der Waals surface area contributed by atoms with Crippen molar-refractivity contribution in [1.29, 1.82) is 0 Å². The number of hydrogen-bond donors (Lipinski definition) is 2. The van der Waals surface area contributed by atoms with Gasteiger partial charge in [-0.1, -0.05) is 13.3 Å². The molecule has 1 heterocycles. The smallest absolute Gasteiger partial charge is 0.129 e. The van der Waals surface area contributed by atoms with E-state index in [0.717, 1.165) is 18.4 Å². The third-order valence-corrected chi connectivity index (χ3v) is 2.63. The monoisotopic (exact) mass is 224 g/mol. The summed E-state index contributed by atoms with van der Waals surface area (Å²) in [5.74, 6) is 0.372. The van der Waals surface area contributed by atoms with E-state index in [9.17, 15) is 5.11 Å². The van der Waals surface area contributed by atoms with Crippen molar-refractivity contribution in [2.24, 2.45) is 0 Å². The molecule has 2 unspecified atom stereocenters. The summed E-state index contributed by atoms with van der Waals surface area (Å²) < 4.78 is 5.27. The van der Waals surface area contributed by atoms with Gasteiger partial charge in [0.05, 0.1) is 6.10 Å². The summed E-state index contributed by atoms with van der Waals surface area (Å²) in [6.07, 6.45) is 2.50. The fraction of sp³-hybridized carbons (Fsp3) is 0.583. The van der Waals surface area contributed by atoms with E-state index in [0.29, 0.717) is 11.4 Å². The lowest BCUT2D eigenvalue weighted by Crippen LogP contribution is -2.22. The second-order valence-electron chi connectivity index (χ2n) is 3.99. The van der Waals surface area contributed by atoms with Crippen LogP contribution in [0.25, 0.3) is 0 Å². The lowest BCUT2D eigenvalue weighted by atomic mass is 10.0. The normalized spacial score (nSPS) is 14.8. The van der Waals surface area contributed by atoms with Crippen molar-refractivity contribution in [3.8, 4) is 0 Å². The number of nitrogens with zero attached hydrogens (tertiary/aromatic N) is 1. The SMILES string of the molecule is CCCC(OC)C(O)c1cc(C)cnc1N. The number of aromatic nitrogens is 1. The van der Waals surface area contributed by atoms with Gasteiger partial charge in [0.15, 0.2) is 0 Å². The number of rotatable bonds is 5. The molecule has 0 saturated heterocycles. The van der Waals surface area contributed by atoms with Crippen LogP contribution in [0, 0.1) is 6.92 Å². The molecule has 0 spiro atoms. The fourth-order valence-corrected chi connectivity index (χ4v) is 1.73. The molecule has 1 rings (SSSR count). The third kappa shape index (κ3) is 2.93. The van der Waals surface area contributed by atoms with E-state index in [-0.39, 0.29) is 6.10 Å². The molecule has 2 atom stereocenters. The second-order valence-corrected chi connectivity index (χ2v) is 3.99. The lowest BCUT2D eigenvalue weighted by molar-refractivity contribution is -0.0177. The highest BCUT2D eigenvalue weighted by atomic mass is 16.5. The number of aryl methyl sites for hydroxylation is 1. The fourth-order valence-electron chi connectivity index (χ4n) is 1.73. The Kier molecular flexibility index (Phi) is 4.71. The van der Waals surface area contributed by atoms with Gasteiger partial charge in [0, 0.05) is 18.9 Å². The summed E-state index contributed by atoms with van der Waals surface area (Å²) in [4.78, 5) is 4.04. The molecule has 0 aromatic carbocycles. The van der Waals surface area contributed by atoms with Gasteiger partial charge in [-0.3, -0.25) is 0 Å². The van der Waals surface area contributed by atoms with E-state index in [1.54, 1.807) is 13.3 Å². The van der Waals surface area contributed by atoms with E-state index in [1.807, 2.05) is 13.0 Å². The summed E-state index contributed by atoms with van der Waals surface area (Å²) in [5.41, 5.74) is 7.39. The second kappa shape index (κ2) is 5.82. The molecule has 0 aliphatic heterocycles. The number of anilines is 1. The van der Waals surface area contributed by atoms with Crippen LogP contribution >= 0.6 is 0 Å². The van der Waals surface area contributed by atoms with Crippen LogP contribution in [0.3, 0.4) is 0 Å². The first-order chi connectivity index (χ1) is 7.60. The summed E-state index contributed by atoms with van der Waals surface area (Å²) in [5, 5.41) is 10.2. The summed E-state index contributed by atoms with van der Waals surface area (Å²) in [6.45, 7) is 3.97. The van der Waals surface area contributed by atoms with Gasteiger partial charge in [-0.15, -0.1) is 0 Å². The molecule has 0 saturated carbocycles. The zero-order chi connectivity index (χ0) is 12.1. The number of nitrogens with two attached hydrogens (primary N) is 1. The molecule has 4 nitrogen and oxygen atoms in total. The summed E-state index contributed by atoms with van der Waals surface area (Å²) >= 11 is 0. The number of nitrogen functional groups attached to an aromatic ring is 1. The maximum atomic E-state index is 10.2. The molecule has 1 aromatic rings. The number of pyridine rings is 1. The highest BCUT2D eigenvalue weighted by Crippen LogP contribution is 2.26. The molecule has 1 aromatic heterocycles. The van der Waals surface area contributed by atoms with E-state index in [4.69, 9.17) is 10.5 Å². The number of ether oxygens (including phenoxy) is 1. The topological polar surface area (TPSA) is 68.4 Å². The van der Waals surface area contributed by atoms with Gasteiger partial charge in [-0.2, -0.15) is 0 Å². The van der Waals surface area contributed by atoms with E-state index in [2.05, 4.69) is 11.9 Å². The molecule has 4 heteroatoms. The minimum absolute atomic E-state index is 0.226. The largest absolute Gasteiger partial charge is 0.386 e. The molecule has 16 heavy (non-hydrogen) atoms. The molecular formula is C12H20N2O2. The number of aliphatic hydroxyl groups is 1. The van der Waals surface area contributed by atoms with Crippen LogP contribution in [0.1, 0.15) is 37.0 Å². The highest BCUT2D eigenvalue weighted by Gasteiger charge is 2.22. The molecule has 0 bridgehead atoms. The Morgan fingerprint density at radius 2 is 2.25 bits per heavy atom. The minimum Gasteiger partial charge on any atom is -0.386 e. The molecule has 0 fully saturated rings. The van der Waals surface area contributed by atoms with Crippen molar-refractivity contribution in [3.05, 3.63) is 23.4 Å². The van der Waals surface area contributed by atoms with Crippen molar-refractivity contribution >= 4 is 5.82 Å². The summed E-state index contributed by atoms with van der Waals surface area (Å²) in [6, 6.07) is 1.86. The van der Waals surface area contributed by atoms with Gasteiger partial charge in [-0.25, -0.2) is 4.98 Å². The predicted molar refractivity (Wildman–Crippen MR) is 64.1 cm³/mol. The minimum atomic E-state index is -0.711. The molecule has 3 N–H and O–H groups in total. The maximum absolute atomic E-state index is 10.2. The van der Waals surface area contributed by atoms with Gasteiger partial charge in [0.1, 0.15) is 11.9 Å². The Hall–Kier alpha value is -1.13. The predicted octanol–water partition coefficient (Wildman–Crippen LogP) is 1.82. The number of methoxy groups -OCH3 is 1. The Morgan fingerprint density at radius 1 is 1.56 bits per heavy atom. The van der Waals surface area contributed by atoms with Crippen molar-refractivity contribution in [2.75, 3.05) is 12.8 Å². The van der Waals surface area contributed by atoms with Gasteiger partial charge in [0.25, 0.3) is 0 Å². The average molecular weight is 224 g/mol. The van der Waals surface area contributed by atoms with Crippen LogP contribution in [-0.4, -0.2) is 23.3 Å². The quantitative estimate of drug-likeness (QED) is 0.800. The van der Waals surface area contributed by atoms with E-state index < -0.39 is 6.10 Å². The first-order valence-corrected chi connectivity index (χ1v) is 5.53. The lowest BCUT2D eigenvalue weighted by Gasteiger charge is -2.22. The zero-order valence-corrected chi connectivity index (χ0v) is 10.1. The van der Waals surface area contributed by atoms with Gasteiger partial charge in [0.2, 0.25) is 0 Å². The van der Waals surface area contributed by atoms with Crippen molar-refractivity contribution in [3.63, 3.8) is 0 Å². The van der Waals surface area contributed by atoms with Crippen molar-refractivity contribution < 1.29 is 9.84 Å². The Labute approximate surface area is 96.5 Å². The van der Waals surface area contributed by atoms with Crippen LogP contribution in [0.2, 0.25) is 0 Å². The molecular weight excluding hydrogens is 204 g/mol. The molecule has 0 radical (unpaired) electrons. The van der Waals surface area contributed by atoms with E-state index in [1.165, 1.54) is 0 Å². The molecule has 0 aliphatic rings. The van der Waals surface area contributed by atoms with Crippen LogP contribution in [-0.2, 0) is 4.74 Å². The van der Waals surface area contributed by atoms with Gasteiger partial charge < -0.3 is 15.6 Å². The Morgan fingerprint density at radius 3 is 2.81 bits per heavy atom. The van der Waals surface area contributed by atoms with Crippen LogP contribution in [0.5, 0.6) is 0 Å². The standard InChI is InChI=1S/C12H20N2O2/c1-4-5-10(16-3)11(15)9-6-8(2)7-14-12(9)13/h6-7,10-11,15H,4-5H2,1-3H3,(H2,13,14). The molecule has 0 aliphatic carbocycles. The van der Waals surface area contributed by atoms with Gasteiger partial charge in [-0.05, 0) is 25.0 Å². The first kappa shape index (κ1) is 12.9. The summed E-state index contributed by atoms with van der Waals surface area (Å²) in [7, 11) is 1.60. The molecule has 90 valence electrons. The Balaban J connectivity index is 2.93. The van der Waals surface area contributed by atoms with Crippen LogP contribution < -0.4 is 5.73 Å². The van der Waals surface area contributed by atoms with E-state index >= 15 is 0 Å². The van der Waals surface area contributed by atoms with Crippen LogP contribution in [0.15, 0.2) is 12.3 Å². The highest BCUT2D eigenvalue weighted by molar-refractivity contribution is 5.42. The Bertz CT molecular complexity index is 342. The van der Waals surface area contributed by atoms with Crippen molar-refractivity contribution in [2.45, 2.75) is 38.9 Å². The molecule has 0 amide bonds. The van der Waals surface area contributed by atoms with Crippen LogP contribution in [0.4, 0.5) is 5.82 Å². The zero-order valence-electron chi connectivity index (χ0n) is 10.1. The van der Waals surface area contributed by atoms with Gasteiger partial charge >= 0.3 is 0 Å². The first-order valence-electron chi connectivity index (χ1n) is 5.53.